The zero-order valence-corrected chi connectivity index (χ0v) is 19.4. The van der Waals surface area contributed by atoms with Crippen molar-refractivity contribution in [1.29, 1.82) is 0 Å². The number of benzene rings is 1. The number of imidazole rings is 1. The Bertz CT molecular complexity index is 1090. The highest BCUT2D eigenvalue weighted by Crippen LogP contribution is 2.22. The summed E-state index contributed by atoms with van der Waals surface area (Å²) in [5.74, 6) is 0.883. The van der Waals surface area contributed by atoms with Gasteiger partial charge in [0.2, 0.25) is 5.91 Å². The lowest BCUT2D eigenvalue weighted by atomic mass is 10.1. The third-order valence-electron chi connectivity index (χ3n) is 6.69. The molecule has 1 saturated heterocycles. The zero-order chi connectivity index (χ0) is 22.1. The van der Waals surface area contributed by atoms with E-state index in [0.717, 1.165) is 53.6 Å². The summed E-state index contributed by atoms with van der Waals surface area (Å²) in [5.41, 5.74) is 6.13. The molecule has 0 aliphatic carbocycles. The molecule has 0 bridgehead atoms. The van der Waals surface area contributed by atoms with Crippen molar-refractivity contribution in [1.82, 2.24) is 24.2 Å². The Morgan fingerprint density at radius 1 is 1.16 bits per heavy atom. The number of nitrogens with one attached hydrogen (secondary N) is 1. The van der Waals surface area contributed by atoms with Crippen LogP contribution in [-0.4, -0.2) is 43.2 Å². The molecular formula is C24H34N6O. The molecule has 7 nitrogen and oxygen atoms in total. The minimum Gasteiger partial charge on any atom is -0.330 e. The molecule has 1 atom stereocenters. The summed E-state index contributed by atoms with van der Waals surface area (Å²) in [6, 6.07) is 5.99. The van der Waals surface area contributed by atoms with E-state index in [9.17, 15) is 4.79 Å². The van der Waals surface area contributed by atoms with E-state index in [0.29, 0.717) is 6.54 Å². The van der Waals surface area contributed by atoms with Gasteiger partial charge in [0.25, 0.3) is 0 Å². The van der Waals surface area contributed by atoms with Crippen LogP contribution in [0, 0.1) is 26.7 Å². The monoisotopic (exact) mass is 422 g/mol. The normalized spacial score (nSPS) is 16.0. The minimum absolute atomic E-state index is 0.00553. The Morgan fingerprint density at radius 2 is 1.90 bits per heavy atom. The fourth-order valence-electron chi connectivity index (χ4n) is 4.36. The van der Waals surface area contributed by atoms with Crippen molar-refractivity contribution < 1.29 is 4.79 Å². The first-order valence-electron chi connectivity index (χ1n) is 11.3. The average Bonchev–Trinajstić information content (AvgIpc) is 3.19. The van der Waals surface area contributed by atoms with Crippen molar-refractivity contribution in [3.05, 3.63) is 41.0 Å². The van der Waals surface area contributed by atoms with Gasteiger partial charge in [0.1, 0.15) is 5.82 Å². The Hall–Kier alpha value is -2.67. The molecule has 0 unspecified atom stereocenters. The number of aryl methyl sites for hydroxylation is 2. The number of hydrogen-bond donors (Lipinski definition) is 1. The van der Waals surface area contributed by atoms with Crippen LogP contribution in [0.2, 0.25) is 0 Å². The first kappa shape index (κ1) is 21.6. The van der Waals surface area contributed by atoms with E-state index in [1.807, 2.05) is 36.7 Å². The van der Waals surface area contributed by atoms with Gasteiger partial charge in [-0.15, -0.1) is 0 Å². The fourth-order valence-corrected chi connectivity index (χ4v) is 4.36. The predicted octanol–water partition coefficient (Wildman–Crippen LogP) is 3.96. The number of aromatic nitrogens is 4. The fraction of sp³-hybridized carbons (Fsp3) is 0.542. The predicted molar refractivity (Wildman–Crippen MR) is 124 cm³/mol. The van der Waals surface area contributed by atoms with Crippen LogP contribution in [0.3, 0.4) is 0 Å². The molecule has 1 amide bonds. The summed E-state index contributed by atoms with van der Waals surface area (Å²) in [6.07, 6.45) is 3.88. The summed E-state index contributed by atoms with van der Waals surface area (Å²) in [6.45, 7) is 11.8. The van der Waals surface area contributed by atoms with Crippen molar-refractivity contribution in [2.24, 2.45) is 13.0 Å². The van der Waals surface area contributed by atoms with Gasteiger partial charge in [-0.2, -0.15) is 5.10 Å². The molecule has 1 aliphatic heterocycles. The van der Waals surface area contributed by atoms with E-state index in [2.05, 4.69) is 40.8 Å². The molecule has 0 radical (unpaired) electrons. The van der Waals surface area contributed by atoms with Crippen molar-refractivity contribution in [2.45, 2.75) is 60.0 Å². The highest BCUT2D eigenvalue weighted by Gasteiger charge is 2.18. The number of nitrogens with zero attached hydrogens (tertiary/aromatic N) is 5. The second kappa shape index (κ2) is 8.83. The summed E-state index contributed by atoms with van der Waals surface area (Å²) >= 11 is 0. The van der Waals surface area contributed by atoms with Crippen molar-refractivity contribution in [3.63, 3.8) is 0 Å². The molecule has 7 heteroatoms. The van der Waals surface area contributed by atoms with E-state index >= 15 is 0 Å². The Morgan fingerprint density at radius 3 is 2.58 bits per heavy atom. The van der Waals surface area contributed by atoms with Crippen molar-refractivity contribution in [2.75, 3.05) is 18.4 Å². The number of carbonyl (C=O) groups excluding carboxylic acids is 1. The maximum atomic E-state index is 12.8. The lowest BCUT2D eigenvalue weighted by Gasteiger charge is -2.25. The van der Waals surface area contributed by atoms with Crippen LogP contribution in [0.1, 0.15) is 49.0 Å². The third-order valence-corrected chi connectivity index (χ3v) is 6.69. The van der Waals surface area contributed by atoms with Gasteiger partial charge in [-0.05, 0) is 70.5 Å². The van der Waals surface area contributed by atoms with Gasteiger partial charge in [-0.1, -0.05) is 13.3 Å². The van der Waals surface area contributed by atoms with Gasteiger partial charge in [-0.3, -0.25) is 14.4 Å². The molecule has 1 N–H and O–H groups in total. The molecule has 1 aromatic carbocycles. The molecule has 2 aromatic heterocycles. The minimum atomic E-state index is -0.188. The van der Waals surface area contributed by atoms with Gasteiger partial charge >= 0.3 is 0 Å². The summed E-state index contributed by atoms with van der Waals surface area (Å²) < 4.78 is 4.10. The van der Waals surface area contributed by atoms with Crippen LogP contribution in [0.15, 0.2) is 18.2 Å². The van der Waals surface area contributed by atoms with Crippen molar-refractivity contribution >= 4 is 22.6 Å². The summed E-state index contributed by atoms with van der Waals surface area (Å²) in [5, 5.41) is 7.63. The second-order valence-corrected chi connectivity index (χ2v) is 9.00. The maximum absolute atomic E-state index is 12.8. The second-order valence-electron chi connectivity index (χ2n) is 9.00. The quantitative estimate of drug-likeness (QED) is 0.653. The Kier molecular flexibility index (Phi) is 6.14. The molecule has 166 valence electrons. The van der Waals surface area contributed by atoms with Crippen LogP contribution in [0.4, 0.5) is 5.69 Å². The van der Waals surface area contributed by atoms with Crippen LogP contribution in [0.25, 0.3) is 11.0 Å². The van der Waals surface area contributed by atoms with Gasteiger partial charge in [0, 0.05) is 18.4 Å². The van der Waals surface area contributed by atoms with E-state index in [1.165, 1.54) is 24.8 Å². The molecule has 3 aromatic rings. The number of carbonyl (C=O) groups is 1. The highest BCUT2D eigenvalue weighted by atomic mass is 16.1. The number of anilines is 1. The van der Waals surface area contributed by atoms with Crippen molar-refractivity contribution in [3.8, 4) is 0 Å². The largest absolute Gasteiger partial charge is 0.330 e. The standard InChI is InChI=1S/C24H34N6O/c1-16(14-30-19(4)17(2)18(3)27-30)24(31)25-20-9-10-22-21(13-20)26-23(28(22)5)15-29-11-7-6-8-12-29/h9-10,13,16H,6-8,11-12,14-15H2,1-5H3,(H,25,31)/t16-/m0/s1. The zero-order valence-electron chi connectivity index (χ0n) is 19.4. The summed E-state index contributed by atoms with van der Waals surface area (Å²) in [4.78, 5) is 20.2. The topological polar surface area (TPSA) is 68.0 Å². The Labute approximate surface area is 184 Å². The van der Waals surface area contributed by atoms with Crippen LogP contribution in [-0.2, 0) is 24.9 Å². The number of amides is 1. The molecule has 4 rings (SSSR count). The number of fused-ring (bicyclic) bond motifs is 1. The number of piperidine rings is 1. The van der Waals surface area contributed by atoms with Crippen LogP contribution in [0.5, 0.6) is 0 Å². The number of likely N-dealkylation sites (tertiary alicyclic amines) is 1. The van der Waals surface area contributed by atoms with Crippen LogP contribution < -0.4 is 5.32 Å². The molecular weight excluding hydrogens is 388 g/mol. The lowest BCUT2D eigenvalue weighted by Crippen LogP contribution is -2.30. The first-order valence-corrected chi connectivity index (χ1v) is 11.3. The number of hydrogen-bond acceptors (Lipinski definition) is 4. The molecule has 1 fully saturated rings. The molecule has 0 spiro atoms. The SMILES string of the molecule is Cc1nn(C[C@H](C)C(=O)Nc2ccc3c(c2)nc(CN2CCCCC2)n3C)c(C)c1C. The maximum Gasteiger partial charge on any atom is 0.229 e. The van der Waals surface area contributed by atoms with E-state index in [-0.39, 0.29) is 11.8 Å². The van der Waals surface area contributed by atoms with Gasteiger partial charge in [0.05, 0.1) is 35.7 Å². The highest BCUT2D eigenvalue weighted by molar-refractivity contribution is 5.94. The molecule has 0 saturated carbocycles. The summed E-state index contributed by atoms with van der Waals surface area (Å²) in [7, 11) is 2.07. The van der Waals surface area contributed by atoms with Crippen LogP contribution >= 0.6 is 0 Å². The average molecular weight is 423 g/mol. The molecule has 1 aliphatic rings. The lowest BCUT2D eigenvalue weighted by molar-refractivity contribution is -0.119. The number of rotatable bonds is 6. The smallest absolute Gasteiger partial charge is 0.229 e. The first-order chi connectivity index (χ1) is 14.8. The van der Waals surface area contributed by atoms with E-state index in [4.69, 9.17) is 4.98 Å². The van der Waals surface area contributed by atoms with Gasteiger partial charge < -0.3 is 9.88 Å². The van der Waals surface area contributed by atoms with E-state index in [1.54, 1.807) is 0 Å². The molecule has 3 heterocycles. The van der Waals surface area contributed by atoms with Gasteiger partial charge in [0.15, 0.2) is 0 Å². The Balaban J connectivity index is 1.45. The third kappa shape index (κ3) is 4.51. The molecule has 31 heavy (non-hydrogen) atoms. The van der Waals surface area contributed by atoms with Gasteiger partial charge in [-0.25, -0.2) is 4.98 Å². The van der Waals surface area contributed by atoms with E-state index < -0.39 is 0 Å².